The van der Waals surface area contributed by atoms with Crippen molar-refractivity contribution in [3.05, 3.63) is 17.8 Å². The second kappa shape index (κ2) is 7.23. The summed E-state index contributed by atoms with van der Waals surface area (Å²) < 4.78 is 18.5. The standard InChI is InChI=1S/C16H26N4O4/c1-10(2)9-22-13-12(14-23-11(3)24-14)8-18-20(13)7-6-16(4,5)19-15(17)21/h6-8,10-11,14H,9H2,1-5H3,(H3,17,19,21)/b7-6+. The first-order valence-electron chi connectivity index (χ1n) is 7.96. The van der Waals surface area contributed by atoms with E-state index >= 15 is 0 Å². The van der Waals surface area contributed by atoms with Crippen molar-refractivity contribution in [3.63, 3.8) is 0 Å². The zero-order chi connectivity index (χ0) is 17.9. The van der Waals surface area contributed by atoms with Crippen LogP contribution >= 0.6 is 0 Å². The van der Waals surface area contributed by atoms with Gasteiger partial charge in [0.05, 0.1) is 23.9 Å². The van der Waals surface area contributed by atoms with Crippen LogP contribution in [-0.2, 0) is 9.47 Å². The molecular formula is C16H26N4O4. The predicted molar refractivity (Wildman–Crippen MR) is 89.1 cm³/mol. The average Bonchev–Trinajstić information content (AvgIpc) is 2.80. The van der Waals surface area contributed by atoms with Crippen LogP contribution in [0, 0.1) is 5.92 Å². The lowest BCUT2D eigenvalue weighted by molar-refractivity contribution is -0.382. The van der Waals surface area contributed by atoms with Gasteiger partial charge in [0, 0.05) is 6.20 Å². The minimum atomic E-state index is -0.620. The second-order valence-corrected chi connectivity index (χ2v) is 6.75. The van der Waals surface area contributed by atoms with Gasteiger partial charge < -0.3 is 25.3 Å². The molecule has 1 aromatic rings. The van der Waals surface area contributed by atoms with Crippen molar-refractivity contribution in [2.24, 2.45) is 11.7 Å². The molecule has 0 bridgehead atoms. The Labute approximate surface area is 141 Å². The number of primary amides is 1. The summed E-state index contributed by atoms with van der Waals surface area (Å²) in [6, 6.07) is -0.590. The Bertz CT molecular complexity index is 603. The highest BCUT2D eigenvalue weighted by atomic mass is 16.9. The number of rotatable bonds is 7. The zero-order valence-corrected chi connectivity index (χ0v) is 14.8. The van der Waals surface area contributed by atoms with E-state index < -0.39 is 17.9 Å². The van der Waals surface area contributed by atoms with Gasteiger partial charge in [0.15, 0.2) is 12.6 Å². The number of nitrogens with two attached hydrogens (primary N) is 1. The smallest absolute Gasteiger partial charge is 0.312 e. The Morgan fingerprint density at radius 1 is 1.54 bits per heavy atom. The minimum Gasteiger partial charge on any atom is -0.477 e. The first kappa shape index (κ1) is 18.3. The van der Waals surface area contributed by atoms with Gasteiger partial charge >= 0.3 is 6.03 Å². The van der Waals surface area contributed by atoms with E-state index in [0.717, 1.165) is 5.56 Å². The molecule has 24 heavy (non-hydrogen) atoms. The molecule has 0 unspecified atom stereocenters. The van der Waals surface area contributed by atoms with Crippen LogP contribution in [0.5, 0.6) is 5.88 Å². The number of nitrogens with one attached hydrogen (secondary N) is 1. The first-order valence-corrected chi connectivity index (χ1v) is 7.96. The van der Waals surface area contributed by atoms with Gasteiger partial charge in [-0.25, -0.2) is 9.48 Å². The van der Waals surface area contributed by atoms with Crippen molar-refractivity contribution in [1.82, 2.24) is 15.1 Å². The lowest BCUT2D eigenvalue weighted by Crippen LogP contribution is -2.44. The van der Waals surface area contributed by atoms with Crippen LogP contribution in [0.4, 0.5) is 4.79 Å². The topological polar surface area (TPSA) is 101 Å². The highest BCUT2D eigenvalue weighted by Crippen LogP contribution is 2.37. The molecule has 0 aromatic carbocycles. The van der Waals surface area contributed by atoms with Crippen LogP contribution in [-0.4, -0.2) is 34.2 Å². The number of carbonyl (C=O) groups is 1. The molecule has 0 saturated carbocycles. The van der Waals surface area contributed by atoms with Crippen molar-refractivity contribution in [1.29, 1.82) is 0 Å². The quantitative estimate of drug-likeness (QED) is 0.794. The van der Waals surface area contributed by atoms with Gasteiger partial charge in [-0.3, -0.25) is 0 Å². The third-order valence-corrected chi connectivity index (χ3v) is 3.29. The summed E-state index contributed by atoms with van der Waals surface area (Å²) in [4.78, 5) is 11.0. The van der Waals surface area contributed by atoms with Crippen LogP contribution in [0.15, 0.2) is 12.3 Å². The van der Waals surface area contributed by atoms with Crippen LogP contribution in [0.1, 0.15) is 46.5 Å². The van der Waals surface area contributed by atoms with E-state index in [9.17, 15) is 4.79 Å². The molecule has 0 radical (unpaired) electrons. The summed E-state index contributed by atoms with van der Waals surface area (Å²) >= 11 is 0. The van der Waals surface area contributed by atoms with Gasteiger partial charge in [-0.15, -0.1) is 0 Å². The fourth-order valence-electron chi connectivity index (χ4n) is 2.15. The molecule has 8 heteroatoms. The maximum atomic E-state index is 11.0. The lowest BCUT2D eigenvalue weighted by atomic mass is 10.1. The number of ether oxygens (including phenoxy) is 3. The van der Waals surface area contributed by atoms with Gasteiger partial charge in [0.25, 0.3) is 0 Å². The Kier molecular flexibility index (Phi) is 5.51. The van der Waals surface area contributed by atoms with E-state index in [0.29, 0.717) is 18.4 Å². The molecule has 0 atom stereocenters. The van der Waals surface area contributed by atoms with E-state index in [1.807, 2.05) is 20.8 Å². The molecule has 2 heterocycles. The molecule has 1 saturated heterocycles. The highest BCUT2D eigenvalue weighted by molar-refractivity contribution is 5.73. The van der Waals surface area contributed by atoms with Gasteiger partial charge in [0.1, 0.15) is 0 Å². The summed E-state index contributed by atoms with van der Waals surface area (Å²) in [5.74, 6) is 0.923. The van der Waals surface area contributed by atoms with E-state index in [4.69, 9.17) is 19.9 Å². The summed E-state index contributed by atoms with van der Waals surface area (Å²) in [5.41, 5.74) is 5.29. The Hall–Kier alpha value is -2.06. The molecular weight excluding hydrogens is 312 g/mol. The molecule has 1 aromatic heterocycles. The summed E-state index contributed by atoms with van der Waals surface area (Å²) in [6.45, 7) is 10.1. The number of hydrogen-bond donors (Lipinski definition) is 2. The molecule has 134 valence electrons. The summed E-state index contributed by atoms with van der Waals surface area (Å²) in [5, 5.41) is 6.94. The van der Waals surface area contributed by atoms with Crippen LogP contribution < -0.4 is 15.8 Å². The third-order valence-electron chi connectivity index (χ3n) is 3.29. The van der Waals surface area contributed by atoms with Gasteiger partial charge in [0.2, 0.25) is 5.88 Å². The normalized spacial score (nSPS) is 21.1. The van der Waals surface area contributed by atoms with Gasteiger partial charge in [-0.1, -0.05) is 13.8 Å². The SMILES string of the molecule is CC(C)COc1c(C2OC(C)O2)cnn1/C=C/C(C)(C)NC(N)=O. The number of amides is 2. The predicted octanol–water partition coefficient (Wildman–Crippen LogP) is 2.23. The largest absolute Gasteiger partial charge is 0.477 e. The number of nitrogens with zero attached hydrogens (tertiary/aromatic N) is 2. The van der Waals surface area contributed by atoms with Crippen LogP contribution in [0.2, 0.25) is 0 Å². The molecule has 8 nitrogen and oxygen atoms in total. The lowest BCUT2D eigenvalue weighted by Gasteiger charge is -2.33. The van der Waals surface area contributed by atoms with E-state index in [2.05, 4.69) is 24.3 Å². The third kappa shape index (κ3) is 4.72. The van der Waals surface area contributed by atoms with Crippen molar-refractivity contribution in [3.8, 4) is 5.88 Å². The van der Waals surface area contributed by atoms with Crippen LogP contribution in [0.3, 0.4) is 0 Å². The summed E-state index contributed by atoms with van der Waals surface area (Å²) in [7, 11) is 0. The fourth-order valence-corrected chi connectivity index (χ4v) is 2.15. The molecule has 0 spiro atoms. The Morgan fingerprint density at radius 3 is 2.75 bits per heavy atom. The second-order valence-electron chi connectivity index (χ2n) is 6.75. The molecule has 2 amide bonds. The maximum Gasteiger partial charge on any atom is 0.312 e. The first-order chi connectivity index (χ1) is 11.2. The number of aromatic nitrogens is 2. The molecule has 3 N–H and O–H groups in total. The van der Waals surface area contributed by atoms with Crippen molar-refractivity contribution < 1.29 is 19.0 Å². The van der Waals surface area contributed by atoms with Gasteiger partial charge in [-0.2, -0.15) is 5.10 Å². The average molecular weight is 338 g/mol. The highest BCUT2D eigenvalue weighted by Gasteiger charge is 2.33. The molecule has 1 fully saturated rings. The Morgan fingerprint density at radius 2 is 2.21 bits per heavy atom. The molecule has 1 aliphatic rings. The Balaban J connectivity index is 2.20. The van der Waals surface area contributed by atoms with E-state index in [1.54, 1.807) is 23.2 Å². The molecule has 2 rings (SSSR count). The number of carbonyl (C=O) groups excluding carboxylic acids is 1. The fraction of sp³-hybridized carbons (Fsp3) is 0.625. The molecule has 1 aliphatic heterocycles. The van der Waals surface area contributed by atoms with E-state index in [-0.39, 0.29) is 6.29 Å². The minimum absolute atomic E-state index is 0.231. The van der Waals surface area contributed by atoms with Crippen molar-refractivity contribution in [2.75, 3.05) is 6.61 Å². The maximum absolute atomic E-state index is 11.0. The monoisotopic (exact) mass is 338 g/mol. The summed E-state index contributed by atoms with van der Waals surface area (Å²) in [6.07, 6.45) is 4.45. The van der Waals surface area contributed by atoms with Crippen LogP contribution in [0.25, 0.3) is 6.20 Å². The van der Waals surface area contributed by atoms with E-state index in [1.165, 1.54) is 0 Å². The molecule has 0 aliphatic carbocycles. The van der Waals surface area contributed by atoms with Crippen molar-refractivity contribution in [2.45, 2.75) is 52.7 Å². The number of hydrogen-bond acceptors (Lipinski definition) is 5. The van der Waals surface area contributed by atoms with Gasteiger partial charge in [-0.05, 0) is 32.8 Å². The van der Waals surface area contributed by atoms with Crippen molar-refractivity contribution >= 4 is 12.2 Å². The zero-order valence-electron chi connectivity index (χ0n) is 14.8. The number of urea groups is 1.